The van der Waals surface area contributed by atoms with Gasteiger partial charge in [-0.3, -0.25) is 0 Å². The van der Waals surface area contributed by atoms with E-state index >= 15 is 0 Å². The van der Waals surface area contributed by atoms with Gasteiger partial charge in [0.15, 0.2) is 0 Å². The number of aromatic nitrogens is 2. The van der Waals surface area contributed by atoms with Gasteiger partial charge in [-0.25, -0.2) is 9.97 Å². The summed E-state index contributed by atoms with van der Waals surface area (Å²) in [5.74, 6) is 2.15. The second-order valence-electron chi connectivity index (χ2n) is 3.45. The summed E-state index contributed by atoms with van der Waals surface area (Å²) in [5.41, 5.74) is 6.94. The van der Waals surface area contributed by atoms with E-state index in [0.29, 0.717) is 5.82 Å². The number of aryl methyl sites for hydroxylation is 1. The zero-order chi connectivity index (χ0) is 11.4. The van der Waals surface area contributed by atoms with E-state index in [1.165, 1.54) is 5.56 Å². The van der Waals surface area contributed by atoms with Crippen LogP contribution in [0.15, 0.2) is 41.4 Å². The number of hydrogen-bond acceptors (Lipinski definition) is 4. The normalized spacial score (nSPS) is 10.3. The Hall–Kier alpha value is -1.55. The van der Waals surface area contributed by atoms with Crippen LogP contribution in [0.3, 0.4) is 0 Å². The Morgan fingerprint density at radius 2 is 1.94 bits per heavy atom. The predicted molar refractivity (Wildman–Crippen MR) is 67.2 cm³/mol. The Bertz CT molecular complexity index is 451. The standard InChI is InChI=1S/C12H13N3S/c1-9-14-11(13)7-12(15-9)16-8-10-5-3-2-4-6-10/h2-7H,8H2,1H3,(H2,13,14,15). The van der Waals surface area contributed by atoms with Gasteiger partial charge in [0, 0.05) is 11.8 Å². The van der Waals surface area contributed by atoms with Crippen molar-refractivity contribution in [2.75, 3.05) is 5.73 Å². The summed E-state index contributed by atoms with van der Waals surface area (Å²) in [6, 6.07) is 12.1. The Kier molecular flexibility index (Phi) is 3.41. The van der Waals surface area contributed by atoms with Crippen molar-refractivity contribution in [1.82, 2.24) is 9.97 Å². The maximum atomic E-state index is 5.66. The summed E-state index contributed by atoms with van der Waals surface area (Å²) in [6.45, 7) is 1.85. The maximum absolute atomic E-state index is 5.66. The van der Waals surface area contributed by atoms with Gasteiger partial charge in [-0.05, 0) is 12.5 Å². The van der Waals surface area contributed by atoms with Crippen molar-refractivity contribution in [1.29, 1.82) is 0 Å². The van der Waals surface area contributed by atoms with Crippen molar-refractivity contribution in [3.8, 4) is 0 Å². The molecule has 4 heteroatoms. The molecular formula is C12H13N3S. The minimum Gasteiger partial charge on any atom is -0.384 e. The van der Waals surface area contributed by atoms with Crippen LogP contribution in [-0.2, 0) is 5.75 Å². The summed E-state index contributed by atoms with van der Waals surface area (Å²) in [6.07, 6.45) is 0. The molecule has 0 atom stereocenters. The van der Waals surface area contributed by atoms with Crippen LogP contribution in [0.25, 0.3) is 0 Å². The van der Waals surface area contributed by atoms with Crippen LogP contribution in [0, 0.1) is 6.92 Å². The molecule has 1 aromatic carbocycles. The molecule has 0 unspecified atom stereocenters. The molecule has 0 saturated carbocycles. The maximum Gasteiger partial charge on any atom is 0.128 e. The van der Waals surface area contributed by atoms with Gasteiger partial charge in [0.2, 0.25) is 0 Å². The SMILES string of the molecule is Cc1nc(N)cc(SCc2ccccc2)n1. The Morgan fingerprint density at radius 1 is 1.19 bits per heavy atom. The molecule has 0 bridgehead atoms. The van der Waals surface area contributed by atoms with Gasteiger partial charge in [0.25, 0.3) is 0 Å². The monoisotopic (exact) mass is 231 g/mol. The number of anilines is 1. The average molecular weight is 231 g/mol. The molecule has 0 radical (unpaired) electrons. The van der Waals surface area contributed by atoms with Crippen LogP contribution >= 0.6 is 11.8 Å². The first-order valence-corrected chi connectivity index (χ1v) is 6.00. The average Bonchev–Trinajstić information content (AvgIpc) is 2.27. The second-order valence-corrected chi connectivity index (χ2v) is 4.45. The van der Waals surface area contributed by atoms with E-state index in [1.54, 1.807) is 17.8 Å². The summed E-state index contributed by atoms with van der Waals surface area (Å²) in [7, 11) is 0. The van der Waals surface area contributed by atoms with E-state index < -0.39 is 0 Å². The van der Waals surface area contributed by atoms with E-state index in [1.807, 2.05) is 25.1 Å². The Labute approximate surface area is 99.1 Å². The lowest BCUT2D eigenvalue weighted by Crippen LogP contribution is -1.96. The first-order chi connectivity index (χ1) is 7.74. The molecular weight excluding hydrogens is 218 g/mol. The minimum atomic E-state index is 0.531. The Balaban J connectivity index is 2.05. The van der Waals surface area contributed by atoms with Crippen molar-refractivity contribution >= 4 is 17.6 Å². The number of nitrogens with two attached hydrogens (primary N) is 1. The van der Waals surface area contributed by atoms with Gasteiger partial charge in [-0.2, -0.15) is 0 Å². The summed E-state index contributed by atoms with van der Waals surface area (Å²) in [4.78, 5) is 8.36. The molecule has 1 aromatic heterocycles. The number of hydrogen-bond donors (Lipinski definition) is 1. The molecule has 3 nitrogen and oxygen atoms in total. The first-order valence-electron chi connectivity index (χ1n) is 5.02. The van der Waals surface area contributed by atoms with E-state index in [2.05, 4.69) is 22.1 Å². The summed E-state index contributed by atoms with van der Waals surface area (Å²) < 4.78 is 0. The van der Waals surface area contributed by atoms with Crippen LogP contribution < -0.4 is 5.73 Å². The van der Waals surface area contributed by atoms with E-state index in [-0.39, 0.29) is 0 Å². The van der Waals surface area contributed by atoms with Crippen LogP contribution in [0.4, 0.5) is 5.82 Å². The largest absolute Gasteiger partial charge is 0.384 e. The second kappa shape index (κ2) is 4.99. The molecule has 0 aliphatic rings. The van der Waals surface area contributed by atoms with Crippen molar-refractivity contribution in [3.05, 3.63) is 47.8 Å². The lowest BCUT2D eigenvalue weighted by molar-refractivity contribution is 0.975. The van der Waals surface area contributed by atoms with Crippen LogP contribution in [0.1, 0.15) is 11.4 Å². The van der Waals surface area contributed by atoms with Gasteiger partial charge in [-0.15, -0.1) is 11.8 Å². The molecule has 0 aliphatic heterocycles. The highest BCUT2D eigenvalue weighted by atomic mass is 32.2. The lowest BCUT2D eigenvalue weighted by atomic mass is 10.2. The predicted octanol–water partition coefficient (Wildman–Crippen LogP) is 2.66. The number of benzene rings is 1. The van der Waals surface area contributed by atoms with Gasteiger partial charge >= 0.3 is 0 Å². The van der Waals surface area contributed by atoms with Gasteiger partial charge < -0.3 is 5.73 Å². The highest BCUT2D eigenvalue weighted by Crippen LogP contribution is 2.21. The fraction of sp³-hybridized carbons (Fsp3) is 0.167. The molecule has 16 heavy (non-hydrogen) atoms. The highest BCUT2D eigenvalue weighted by Gasteiger charge is 2.00. The third-order valence-electron chi connectivity index (χ3n) is 2.06. The number of rotatable bonds is 3. The number of nitrogen functional groups attached to an aromatic ring is 1. The molecule has 0 saturated heterocycles. The molecule has 2 N–H and O–H groups in total. The molecule has 0 amide bonds. The number of thioether (sulfide) groups is 1. The third-order valence-corrected chi connectivity index (χ3v) is 3.05. The van der Waals surface area contributed by atoms with Crippen LogP contribution in [-0.4, -0.2) is 9.97 Å². The molecule has 82 valence electrons. The number of nitrogens with zero attached hydrogens (tertiary/aromatic N) is 2. The van der Waals surface area contributed by atoms with Gasteiger partial charge in [0.05, 0.1) is 0 Å². The fourth-order valence-electron chi connectivity index (χ4n) is 1.37. The van der Waals surface area contributed by atoms with E-state index in [0.717, 1.165) is 16.6 Å². The topological polar surface area (TPSA) is 51.8 Å². The molecule has 2 aromatic rings. The molecule has 0 spiro atoms. The van der Waals surface area contributed by atoms with Crippen molar-refractivity contribution < 1.29 is 0 Å². The quantitative estimate of drug-likeness (QED) is 0.651. The van der Waals surface area contributed by atoms with Crippen molar-refractivity contribution in [3.63, 3.8) is 0 Å². The Morgan fingerprint density at radius 3 is 2.62 bits per heavy atom. The molecule has 1 heterocycles. The highest BCUT2D eigenvalue weighted by molar-refractivity contribution is 7.98. The summed E-state index contributed by atoms with van der Waals surface area (Å²) >= 11 is 1.67. The van der Waals surface area contributed by atoms with Crippen molar-refractivity contribution in [2.45, 2.75) is 17.7 Å². The van der Waals surface area contributed by atoms with E-state index in [9.17, 15) is 0 Å². The fourth-order valence-corrected chi connectivity index (χ4v) is 2.28. The molecule has 0 fully saturated rings. The molecule has 0 aliphatic carbocycles. The van der Waals surface area contributed by atoms with Crippen molar-refractivity contribution in [2.24, 2.45) is 0 Å². The van der Waals surface area contributed by atoms with E-state index in [4.69, 9.17) is 5.73 Å². The van der Waals surface area contributed by atoms with Crippen LogP contribution in [0.2, 0.25) is 0 Å². The zero-order valence-corrected chi connectivity index (χ0v) is 9.87. The lowest BCUT2D eigenvalue weighted by Gasteiger charge is -2.03. The smallest absolute Gasteiger partial charge is 0.128 e. The zero-order valence-electron chi connectivity index (χ0n) is 9.05. The van der Waals surface area contributed by atoms with Gasteiger partial charge in [0.1, 0.15) is 16.7 Å². The minimum absolute atomic E-state index is 0.531. The first kappa shape index (κ1) is 11.0. The van der Waals surface area contributed by atoms with Gasteiger partial charge in [-0.1, -0.05) is 30.3 Å². The summed E-state index contributed by atoms with van der Waals surface area (Å²) in [5, 5.41) is 0.925. The molecule has 2 rings (SSSR count). The van der Waals surface area contributed by atoms with Crippen LogP contribution in [0.5, 0.6) is 0 Å². The third kappa shape index (κ3) is 2.97.